The van der Waals surface area contributed by atoms with Crippen molar-refractivity contribution >= 4 is 12.0 Å². The minimum absolute atomic E-state index is 0.221. The maximum absolute atomic E-state index is 12.6. The van der Waals surface area contributed by atoms with E-state index in [9.17, 15) is 4.79 Å². The number of ether oxygens (including phenoxy) is 1. The van der Waals surface area contributed by atoms with Crippen LogP contribution in [0.25, 0.3) is 6.08 Å². The predicted molar refractivity (Wildman–Crippen MR) is 133 cm³/mol. The highest BCUT2D eigenvalue weighted by Crippen LogP contribution is 2.60. The highest BCUT2D eigenvalue weighted by Gasteiger charge is 2.49. The monoisotopic (exact) mass is 430 g/mol. The molecule has 2 aromatic carbocycles. The molecule has 0 unspecified atom stereocenters. The standard InChI is InChI=1S/C30H38O2/c1-20(2)10-9-11-21(3)26-15-16-27-25-14-17-28(22(4)24(25)18-19-30(26,27)5)32-29(31)23-12-7-6-8-13-23/h6-8,12-14,17-21,26-27H,9-11,15-16H2,1-5H3/t21-,26+,27+,30+/m0/s1. The average molecular weight is 431 g/mol. The lowest BCUT2D eigenvalue weighted by atomic mass is 9.63. The van der Waals surface area contributed by atoms with E-state index in [1.807, 2.05) is 24.3 Å². The second-order valence-corrected chi connectivity index (χ2v) is 10.7. The summed E-state index contributed by atoms with van der Waals surface area (Å²) in [6, 6.07) is 13.4. The van der Waals surface area contributed by atoms with E-state index < -0.39 is 0 Å². The van der Waals surface area contributed by atoms with E-state index in [1.165, 1.54) is 43.2 Å². The third-order valence-corrected chi connectivity index (χ3v) is 8.14. The second kappa shape index (κ2) is 9.25. The maximum atomic E-state index is 12.6. The summed E-state index contributed by atoms with van der Waals surface area (Å²) in [7, 11) is 0. The molecule has 4 rings (SSSR count). The van der Waals surface area contributed by atoms with Crippen LogP contribution in [-0.4, -0.2) is 5.97 Å². The van der Waals surface area contributed by atoms with Crippen LogP contribution in [0.5, 0.6) is 5.75 Å². The predicted octanol–water partition coefficient (Wildman–Crippen LogP) is 8.20. The third kappa shape index (κ3) is 4.29. The van der Waals surface area contributed by atoms with E-state index in [2.05, 4.69) is 52.8 Å². The molecule has 0 amide bonds. The Balaban J connectivity index is 1.53. The molecule has 0 bridgehead atoms. The Morgan fingerprint density at radius 1 is 1.06 bits per heavy atom. The third-order valence-electron chi connectivity index (χ3n) is 8.14. The smallest absolute Gasteiger partial charge is 0.343 e. The van der Waals surface area contributed by atoms with Crippen molar-refractivity contribution in [3.05, 3.63) is 70.8 Å². The van der Waals surface area contributed by atoms with Crippen LogP contribution in [0.3, 0.4) is 0 Å². The number of carbonyl (C=O) groups excluding carboxylic acids is 1. The average Bonchev–Trinajstić information content (AvgIpc) is 3.13. The van der Waals surface area contributed by atoms with Crippen molar-refractivity contribution in [3.8, 4) is 5.75 Å². The van der Waals surface area contributed by atoms with E-state index >= 15 is 0 Å². The summed E-state index contributed by atoms with van der Waals surface area (Å²) >= 11 is 0. The minimum Gasteiger partial charge on any atom is -0.423 e. The van der Waals surface area contributed by atoms with Gasteiger partial charge in [-0.05, 0) is 83.7 Å². The lowest BCUT2D eigenvalue weighted by Gasteiger charge is -2.41. The number of carbonyl (C=O) groups is 1. The molecular formula is C30H38O2. The van der Waals surface area contributed by atoms with Crippen molar-refractivity contribution in [3.63, 3.8) is 0 Å². The minimum atomic E-state index is -0.297. The Bertz CT molecular complexity index is 987. The Morgan fingerprint density at radius 3 is 2.53 bits per heavy atom. The molecule has 2 nitrogen and oxygen atoms in total. The van der Waals surface area contributed by atoms with Gasteiger partial charge in [0.1, 0.15) is 5.75 Å². The Kier molecular flexibility index (Phi) is 6.60. The van der Waals surface area contributed by atoms with Crippen LogP contribution in [0.15, 0.2) is 48.5 Å². The summed E-state index contributed by atoms with van der Waals surface area (Å²) in [6.45, 7) is 11.7. The molecule has 2 aromatic rings. The highest BCUT2D eigenvalue weighted by atomic mass is 16.5. The first kappa shape index (κ1) is 22.8. The quantitative estimate of drug-likeness (QED) is 0.327. The van der Waals surface area contributed by atoms with Crippen molar-refractivity contribution in [2.24, 2.45) is 23.2 Å². The van der Waals surface area contributed by atoms with Gasteiger partial charge in [0.05, 0.1) is 5.56 Å². The zero-order chi connectivity index (χ0) is 22.9. The van der Waals surface area contributed by atoms with Crippen molar-refractivity contribution in [2.45, 2.75) is 72.6 Å². The molecule has 0 saturated heterocycles. The number of benzene rings is 2. The van der Waals surface area contributed by atoms with E-state index in [1.54, 1.807) is 12.1 Å². The molecule has 2 heteroatoms. The number of fused-ring (bicyclic) bond motifs is 3. The van der Waals surface area contributed by atoms with Gasteiger partial charge in [-0.15, -0.1) is 0 Å². The SMILES string of the molecule is Cc1c(OC(=O)c2ccccc2)ccc2c1C=C[C@@]1(C)[C@@H]2CC[C@@H]1[C@@H](C)CCCC(C)C. The van der Waals surface area contributed by atoms with Crippen molar-refractivity contribution in [2.75, 3.05) is 0 Å². The first-order valence-electron chi connectivity index (χ1n) is 12.4. The van der Waals surface area contributed by atoms with Crippen LogP contribution in [0.4, 0.5) is 0 Å². The number of hydrogen-bond donors (Lipinski definition) is 0. The number of rotatable bonds is 7. The summed E-state index contributed by atoms with van der Waals surface area (Å²) in [5.41, 5.74) is 4.55. The summed E-state index contributed by atoms with van der Waals surface area (Å²) in [5.74, 6) is 3.21. The molecule has 32 heavy (non-hydrogen) atoms. The summed E-state index contributed by atoms with van der Waals surface area (Å²) in [6.07, 6.45) is 11.3. The van der Waals surface area contributed by atoms with Crippen molar-refractivity contribution in [1.29, 1.82) is 0 Å². The van der Waals surface area contributed by atoms with Gasteiger partial charge in [0.25, 0.3) is 0 Å². The Morgan fingerprint density at radius 2 is 1.81 bits per heavy atom. The van der Waals surface area contributed by atoms with Crippen molar-refractivity contribution < 1.29 is 9.53 Å². The molecule has 2 aliphatic carbocycles. The molecule has 0 radical (unpaired) electrons. The van der Waals surface area contributed by atoms with Gasteiger partial charge in [-0.3, -0.25) is 0 Å². The number of allylic oxidation sites excluding steroid dienone is 1. The van der Waals surface area contributed by atoms with Crippen LogP contribution >= 0.6 is 0 Å². The second-order valence-electron chi connectivity index (χ2n) is 10.7. The van der Waals surface area contributed by atoms with Gasteiger partial charge in [0.2, 0.25) is 0 Å². The lowest BCUT2D eigenvalue weighted by Crippen LogP contribution is -2.31. The lowest BCUT2D eigenvalue weighted by molar-refractivity contribution is 0.0733. The zero-order valence-electron chi connectivity index (χ0n) is 20.4. The van der Waals surface area contributed by atoms with Gasteiger partial charge >= 0.3 is 5.97 Å². The van der Waals surface area contributed by atoms with Gasteiger partial charge in [0, 0.05) is 0 Å². The van der Waals surface area contributed by atoms with Gasteiger partial charge in [0.15, 0.2) is 0 Å². The number of esters is 1. The number of hydrogen-bond acceptors (Lipinski definition) is 2. The zero-order valence-corrected chi connectivity index (χ0v) is 20.4. The molecule has 4 atom stereocenters. The van der Waals surface area contributed by atoms with E-state index in [4.69, 9.17) is 4.74 Å². The van der Waals surface area contributed by atoms with Gasteiger partial charge < -0.3 is 4.74 Å². The maximum Gasteiger partial charge on any atom is 0.343 e. The van der Waals surface area contributed by atoms with Gasteiger partial charge in [-0.1, -0.05) is 83.4 Å². The van der Waals surface area contributed by atoms with E-state index in [0.717, 1.165) is 23.3 Å². The highest BCUT2D eigenvalue weighted by molar-refractivity contribution is 5.91. The van der Waals surface area contributed by atoms with E-state index in [-0.39, 0.29) is 11.4 Å². The Hall–Kier alpha value is -2.35. The molecule has 1 fully saturated rings. The summed E-state index contributed by atoms with van der Waals surface area (Å²) in [5, 5.41) is 0. The van der Waals surface area contributed by atoms with Crippen LogP contribution in [0, 0.1) is 30.1 Å². The molecule has 170 valence electrons. The molecule has 0 heterocycles. The molecular weight excluding hydrogens is 392 g/mol. The van der Waals surface area contributed by atoms with Gasteiger partial charge in [-0.2, -0.15) is 0 Å². The molecule has 0 aromatic heterocycles. The molecule has 0 spiro atoms. The Labute approximate surface area is 194 Å². The molecule has 2 aliphatic rings. The van der Waals surface area contributed by atoms with E-state index in [0.29, 0.717) is 17.2 Å². The summed E-state index contributed by atoms with van der Waals surface area (Å²) < 4.78 is 5.78. The molecule has 1 saturated carbocycles. The van der Waals surface area contributed by atoms with Gasteiger partial charge in [-0.25, -0.2) is 4.79 Å². The normalized spacial score (nSPS) is 24.8. The van der Waals surface area contributed by atoms with Crippen LogP contribution < -0.4 is 4.74 Å². The fourth-order valence-corrected chi connectivity index (χ4v) is 6.26. The topological polar surface area (TPSA) is 26.3 Å². The fraction of sp³-hybridized carbons (Fsp3) is 0.500. The van der Waals surface area contributed by atoms with Crippen LogP contribution in [0.1, 0.15) is 92.8 Å². The first-order valence-corrected chi connectivity index (χ1v) is 12.4. The largest absolute Gasteiger partial charge is 0.423 e. The van der Waals surface area contributed by atoms with Crippen molar-refractivity contribution in [1.82, 2.24) is 0 Å². The fourth-order valence-electron chi connectivity index (χ4n) is 6.26. The summed E-state index contributed by atoms with van der Waals surface area (Å²) in [4.78, 5) is 12.6. The first-order chi connectivity index (χ1) is 15.3. The molecule has 0 N–H and O–H groups in total. The molecule has 0 aliphatic heterocycles. The van der Waals surface area contributed by atoms with Crippen LogP contribution in [0.2, 0.25) is 0 Å². The van der Waals surface area contributed by atoms with Crippen LogP contribution in [-0.2, 0) is 0 Å².